The number of hydrogen-bond donors (Lipinski definition) is 0. The maximum absolute atomic E-state index is 12.3. The number of rotatable bonds is 2. The number of fused-ring (bicyclic) bond motifs is 1. The second-order valence-corrected chi connectivity index (χ2v) is 6.04. The Morgan fingerprint density at radius 3 is 2.29 bits per heavy atom. The standard InChI is InChI=1S/C20H12Cl2O2/c1-24-19-6-5-14-10-16(4-3-15(14)11-19)20(23)7-2-13-8-17(21)12-18(22)9-13/h3-6,8-12H,1H3. The van der Waals surface area contributed by atoms with Crippen molar-refractivity contribution < 1.29 is 9.53 Å². The molecule has 0 bridgehead atoms. The smallest absolute Gasteiger partial charge is 0.236 e. The van der Waals surface area contributed by atoms with Crippen LogP contribution in [-0.4, -0.2) is 12.9 Å². The molecule has 4 heteroatoms. The molecule has 0 heterocycles. The summed E-state index contributed by atoms with van der Waals surface area (Å²) in [5.74, 6) is 5.95. The summed E-state index contributed by atoms with van der Waals surface area (Å²) in [5.41, 5.74) is 1.14. The maximum Gasteiger partial charge on any atom is 0.236 e. The third kappa shape index (κ3) is 3.71. The van der Waals surface area contributed by atoms with Gasteiger partial charge in [0.05, 0.1) is 7.11 Å². The average Bonchev–Trinajstić information content (AvgIpc) is 2.58. The van der Waals surface area contributed by atoms with Gasteiger partial charge in [-0.05, 0) is 59.2 Å². The average molecular weight is 355 g/mol. The molecule has 3 aromatic carbocycles. The van der Waals surface area contributed by atoms with Crippen LogP contribution in [0.3, 0.4) is 0 Å². The summed E-state index contributed by atoms with van der Waals surface area (Å²) in [5, 5.41) is 2.92. The summed E-state index contributed by atoms with van der Waals surface area (Å²) in [6.45, 7) is 0. The van der Waals surface area contributed by atoms with E-state index in [0.717, 1.165) is 16.5 Å². The van der Waals surface area contributed by atoms with Crippen LogP contribution in [0.2, 0.25) is 10.0 Å². The fraction of sp³-hybridized carbons (Fsp3) is 0.0500. The van der Waals surface area contributed by atoms with Gasteiger partial charge in [-0.25, -0.2) is 0 Å². The molecule has 0 spiro atoms. The molecule has 3 aromatic rings. The van der Waals surface area contributed by atoms with Gasteiger partial charge in [0, 0.05) is 21.2 Å². The molecule has 118 valence electrons. The zero-order chi connectivity index (χ0) is 17.1. The lowest BCUT2D eigenvalue weighted by molar-refractivity contribution is 0.105. The lowest BCUT2D eigenvalue weighted by Gasteiger charge is -2.03. The minimum Gasteiger partial charge on any atom is -0.497 e. The van der Waals surface area contributed by atoms with Gasteiger partial charge >= 0.3 is 0 Å². The highest BCUT2D eigenvalue weighted by molar-refractivity contribution is 6.34. The number of benzene rings is 3. The van der Waals surface area contributed by atoms with E-state index in [-0.39, 0.29) is 5.78 Å². The topological polar surface area (TPSA) is 26.3 Å². The number of Topliss-reactive ketones (excluding diaryl/α,β-unsaturated/α-hetero) is 1. The Balaban J connectivity index is 1.90. The van der Waals surface area contributed by atoms with Crippen LogP contribution in [0, 0.1) is 11.8 Å². The highest BCUT2D eigenvalue weighted by atomic mass is 35.5. The molecule has 2 nitrogen and oxygen atoms in total. The zero-order valence-electron chi connectivity index (χ0n) is 12.8. The molecule has 0 fully saturated rings. The van der Waals surface area contributed by atoms with Gasteiger partial charge in [-0.15, -0.1) is 0 Å². The summed E-state index contributed by atoms with van der Waals surface area (Å²) in [6.07, 6.45) is 0. The van der Waals surface area contributed by atoms with Crippen LogP contribution in [0.4, 0.5) is 0 Å². The highest BCUT2D eigenvalue weighted by Crippen LogP contribution is 2.22. The Labute approximate surface area is 150 Å². The van der Waals surface area contributed by atoms with Crippen molar-refractivity contribution in [2.75, 3.05) is 7.11 Å². The largest absolute Gasteiger partial charge is 0.497 e. The summed E-state index contributed by atoms with van der Waals surface area (Å²) in [7, 11) is 1.62. The van der Waals surface area contributed by atoms with Crippen molar-refractivity contribution in [3.05, 3.63) is 75.8 Å². The minimum absolute atomic E-state index is 0.260. The van der Waals surface area contributed by atoms with E-state index < -0.39 is 0 Å². The monoisotopic (exact) mass is 354 g/mol. The molecular formula is C20H12Cl2O2. The second kappa shape index (κ2) is 6.97. The van der Waals surface area contributed by atoms with Crippen molar-refractivity contribution in [3.63, 3.8) is 0 Å². The van der Waals surface area contributed by atoms with Gasteiger partial charge in [0.15, 0.2) is 0 Å². The molecule has 0 aliphatic rings. The van der Waals surface area contributed by atoms with Crippen molar-refractivity contribution in [1.82, 2.24) is 0 Å². The van der Waals surface area contributed by atoms with Gasteiger partial charge in [-0.2, -0.15) is 0 Å². The first-order valence-corrected chi connectivity index (χ1v) is 7.91. The Morgan fingerprint density at radius 2 is 1.58 bits per heavy atom. The van der Waals surface area contributed by atoms with Crippen molar-refractivity contribution in [1.29, 1.82) is 0 Å². The van der Waals surface area contributed by atoms with E-state index >= 15 is 0 Å². The van der Waals surface area contributed by atoms with E-state index in [0.29, 0.717) is 21.2 Å². The van der Waals surface area contributed by atoms with Gasteiger partial charge in [-0.1, -0.05) is 41.3 Å². The molecule has 0 N–H and O–H groups in total. The molecule has 0 amide bonds. The second-order valence-electron chi connectivity index (χ2n) is 5.17. The van der Waals surface area contributed by atoms with Gasteiger partial charge < -0.3 is 4.74 Å². The lowest BCUT2D eigenvalue weighted by atomic mass is 10.0. The van der Waals surface area contributed by atoms with Gasteiger partial charge in [0.2, 0.25) is 5.78 Å². The lowest BCUT2D eigenvalue weighted by Crippen LogP contribution is -1.95. The Bertz CT molecular complexity index is 977. The Hall–Kier alpha value is -2.47. The van der Waals surface area contributed by atoms with Crippen molar-refractivity contribution in [2.45, 2.75) is 0 Å². The van der Waals surface area contributed by atoms with Crippen LogP contribution in [0.5, 0.6) is 5.75 Å². The van der Waals surface area contributed by atoms with E-state index in [1.165, 1.54) is 0 Å². The third-order valence-corrected chi connectivity index (χ3v) is 3.93. The first-order chi connectivity index (χ1) is 11.5. The van der Waals surface area contributed by atoms with Gasteiger partial charge in [-0.3, -0.25) is 4.79 Å². The summed E-state index contributed by atoms with van der Waals surface area (Å²) in [4.78, 5) is 12.3. The van der Waals surface area contributed by atoms with Crippen LogP contribution in [0.1, 0.15) is 15.9 Å². The molecule has 0 aliphatic carbocycles. The molecule has 0 saturated carbocycles. The third-order valence-electron chi connectivity index (χ3n) is 3.49. The summed E-state index contributed by atoms with van der Waals surface area (Å²) < 4.78 is 5.20. The number of carbonyl (C=O) groups is 1. The number of halogens is 2. The zero-order valence-corrected chi connectivity index (χ0v) is 14.3. The van der Waals surface area contributed by atoms with Crippen LogP contribution in [-0.2, 0) is 0 Å². The normalized spacial score (nSPS) is 10.1. The number of ketones is 1. The fourth-order valence-electron chi connectivity index (χ4n) is 2.32. The highest BCUT2D eigenvalue weighted by Gasteiger charge is 2.05. The number of hydrogen-bond acceptors (Lipinski definition) is 2. The Morgan fingerprint density at radius 1 is 0.917 bits per heavy atom. The quantitative estimate of drug-likeness (QED) is 0.455. The van der Waals surface area contributed by atoms with Crippen LogP contribution >= 0.6 is 23.2 Å². The van der Waals surface area contributed by atoms with E-state index in [4.69, 9.17) is 27.9 Å². The van der Waals surface area contributed by atoms with Crippen molar-refractivity contribution >= 4 is 39.8 Å². The molecule has 0 atom stereocenters. The van der Waals surface area contributed by atoms with Gasteiger partial charge in [0.25, 0.3) is 0 Å². The predicted octanol–water partition coefficient (Wildman–Crippen LogP) is 5.39. The first kappa shape index (κ1) is 16.4. The molecule has 0 saturated heterocycles. The molecule has 0 unspecified atom stereocenters. The molecule has 24 heavy (non-hydrogen) atoms. The Kier molecular flexibility index (Phi) is 4.76. The van der Waals surface area contributed by atoms with Gasteiger partial charge in [0.1, 0.15) is 5.75 Å². The predicted molar refractivity (Wildman–Crippen MR) is 98.2 cm³/mol. The molecule has 0 aliphatic heterocycles. The van der Waals surface area contributed by atoms with E-state index in [9.17, 15) is 4.79 Å². The summed E-state index contributed by atoms with van der Waals surface area (Å²) >= 11 is 11.9. The van der Waals surface area contributed by atoms with Crippen LogP contribution in [0.15, 0.2) is 54.6 Å². The summed E-state index contributed by atoms with van der Waals surface area (Å²) in [6, 6.07) is 16.1. The van der Waals surface area contributed by atoms with Crippen molar-refractivity contribution in [3.8, 4) is 17.6 Å². The molecule has 3 rings (SSSR count). The van der Waals surface area contributed by atoms with Crippen LogP contribution in [0.25, 0.3) is 10.8 Å². The number of methoxy groups -OCH3 is 1. The molecule has 0 radical (unpaired) electrons. The first-order valence-electron chi connectivity index (χ1n) is 7.15. The minimum atomic E-state index is -0.260. The maximum atomic E-state index is 12.3. The fourth-order valence-corrected chi connectivity index (χ4v) is 2.85. The number of carbonyl (C=O) groups excluding carboxylic acids is 1. The van der Waals surface area contributed by atoms with E-state index in [2.05, 4.69) is 11.8 Å². The SMILES string of the molecule is COc1ccc2cc(C(=O)C#Cc3cc(Cl)cc(Cl)c3)ccc2c1. The number of ether oxygens (including phenoxy) is 1. The van der Waals surface area contributed by atoms with Crippen LogP contribution < -0.4 is 4.74 Å². The molecule has 0 aromatic heterocycles. The van der Waals surface area contributed by atoms with E-state index in [1.54, 1.807) is 31.4 Å². The molecular weight excluding hydrogens is 343 g/mol. The van der Waals surface area contributed by atoms with Crippen molar-refractivity contribution in [2.24, 2.45) is 0 Å². The van der Waals surface area contributed by atoms with E-state index in [1.807, 2.05) is 30.3 Å².